The lowest BCUT2D eigenvalue weighted by atomic mass is 9.78. The molecule has 5 heterocycles. The first-order valence-corrected chi connectivity index (χ1v) is 25.8. The van der Waals surface area contributed by atoms with Crippen LogP contribution in [-0.4, -0.2) is 155 Å². The molecule has 18 nitrogen and oxygen atoms in total. The summed E-state index contributed by atoms with van der Waals surface area (Å²) in [5, 5.41) is 12.4. The highest BCUT2D eigenvalue weighted by molar-refractivity contribution is 5.94. The molecule has 2 aliphatic heterocycles. The predicted octanol–water partition coefficient (Wildman–Crippen LogP) is 5.27. The fourth-order valence-corrected chi connectivity index (χ4v) is 11.0. The maximum absolute atomic E-state index is 14.1. The van der Waals surface area contributed by atoms with Crippen molar-refractivity contribution in [3.63, 3.8) is 0 Å². The van der Waals surface area contributed by atoms with Gasteiger partial charge in [-0.1, -0.05) is 12.1 Å². The van der Waals surface area contributed by atoms with E-state index in [1.807, 2.05) is 17.0 Å². The molecule has 21 heteroatoms. The van der Waals surface area contributed by atoms with Gasteiger partial charge in [-0.25, -0.2) is 9.97 Å². The van der Waals surface area contributed by atoms with Crippen LogP contribution in [0.2, 0.25) is 0 Å². The van der Waals surface area contributed by atoms with E-state index in [4.69, 9.17) is 9.47 Å². The molecule has 74 heavy (non-hydrogen) atoms. The van der Waals surface area contributed by atoms with Crippen LogP contribution < -0.4 is 21.3 Å². The second-order valence-corrected chi connectivity index (χ2v) is 20.2. The minimum atomic E-state index is -4.55. The quantitative estimate of drug-likeness (QED) is 0.0833. The molecular weight excluding hydrogens is 960 g/mol. The number of benzene rings is 1. The van der Waals surface area contributed by atoms with Crippen LogP contribution in [0.3, 0.4) is 0 Å². The Morgan fingerprint density at radius 2 is 1.61 bits per heavy atom. The Balaban J connectivity index is 0.747. The highest BCUT2D eigenvalue weighted by atomic mass is 19.4. The van der Waals surface area contributed by atoms with Gasteiger partial charge in [-0.05, 0) is 120 Å². The van der Waals surface area contributed by atoms with E-state index < -0.39 is 23.7 Å². The number of carbonyl (C=O) groups is 5. The molecular formula is C53H68F3N11O7. The second kappa shape index (κ2) is 24.4. The summed E-state index contributed by atoms with van der Waals surface area (Å²) in [5.74, 6) is -1.17. The van der Waals surface area contributed by atoms with Gasteiger partial charge in [0, 0.05) is 75.1 Å². The third-order valence-electron chi connectivity index (χ3n) is 15.4. The molecule has 4 fully saturated rings. The van der Waals surface area contributed by atoms with Gasteiger partial charge in [-0.2, -0.15) is 13.2 Å². The predicted molar refractivity (Wildman–Crippen MR) is 268 cm³/mol. The lowest BCUT2D eigenvalue weighted by Gasteiger charge is -2.45. The molecule has 3 aromatic heterocycles. The SMILES string of the molecule is CC(C)N(C)[C@@H]1CC[C@H](N2CC[C@H](Nc3ncnc4ccc(C(F)(F)F)cc34)C2=O)[C@H](NC(=O)C2CCC(c3ccc(C(=O)NCCOCCOCCNC(=O)[C@H]4CC(=O)N(C)[C@@H]4c4cccnc4)nc3)CC2)C1. The Hall–Kier alpha value is -6.32. The molecule has 0 spiro atoms. The highest BCUT2D eigenvalue weighted by Gasteiger charge is 2.45. The molecule has 398 valence electrons. The van der Waals surface area contributed by atoms with E-state index in [0.29, 0.717) is 57.4 Å². The number of halogens is 3. The van der Waals surface area contributed by atoms with Crippen LogP contribution in [-0.2, 0) is 34.8 Å². The van der Waals surface area contributed by atoms with Crippen LogP contribution in [0.15, 0.2) is 67.4 Å². The number of carbonyl (C=O) groups excluding carboxylic acids is 5. The molecule has 4 N–H and O–H groups in total. The van der Waals surface area contributed by atoms with Crippen molar-refractivity contribution in [2.24, 2.45) is 11.8 Å². The minimum absolute atomic E-state index is 0.0213. The number of hydrogen-bond donors (Lipinski definition) is 4. The van der Waals surface area contributed by atoms with Gasteiger partial charge in [-0.15, -0.1) is 0 Å². The Bertz CT molecular complexity index is 2590. The molecule has 0 unspecified atom stereocenters. The summed E-state index contributed by atoms with van der Waals surface area (Å²) < 4.78 is 52.1. The summed E-state index contributed by atoms with van der Waals surface area (Å²) in [6, 6.07) is 9.48. The maximum atomic E-state index is 14.1. The number of alkyl halides is 3. The molecule has 2 saturated carbocycles. The number of fused-ring (bicyclic) bond motifs is 1. The Morgan fingerprint density at radius 1 is 0.851 bits per heavy atom. The number of likely N-dealkylation sites (tertiary alicyclic amines) is 2. The number of aromatic nitrogens is 4. The first-order valence-electron chi connectivity index (χ1n) is 25.8. The summed E-state index contributed by atoms with van der Waals surface area (Å²) in [4.78, 5) is 89.1. The second-order valence-electron chi connectivity index (χ2n) is 20.2. The first-order chi connectivity index (χ1) is 35.6. The van der Waals surface area contributed by atoms with Gasteiger partial charge >= 0.3 is 6.18 Å². The van der Waals surface area contributed by atoms with Crippen LogP contribution in [0.1, 0.15) is 111 Å². The van der Waals surface area contributed by atoms with E-state index in [1.165, 1.54) is 12.4 Å². The lowest BCUT2D eigenvalue weighted by Crippen LogP contribution is -2.59. The van der Waals surface area contributed by atoms with Crippen molar-refractivity contribution in [1.29, 1.82) is 0 Å². The fraction of sp³-hybridized carbons (Fsp3) is 0.566. The van der Waals surface area contributed by atoms with Gasteiger partial charge in [0.1, 0.15) is 23.9 Å². The third kappa shape index (κ3) is 12.9. The Morgan fingerprint density at radius 3 is 2.30 bits per heavy atom. The Labute approximate surface area is 429 Å². The van der Waals surface area contributed by atoms with Gasteiger partial charge in [-0.3, -0.25) is 33.9 Å². The molecule has 8 rings (SSSR count). The van der Waals surface area contributed by atoms with Crippen molar-refractivity contribution >= 4 is 46.3 Å². The van der Waals surface area contributed by atoms with E-state index in [0.717, 1.165) is 42.5 Å². The van der Waals surface area contributed by atoms with Gasteiger partial charge < -0.3 is 45.4 Å². The molecule has 0 radical (unpaired) electrons. The molecule has 6 atom stereocenters. The number of nitrogens with one attached hydrogen (secondary N) is 4. The zero-order chi connectivity index (χ0) is 52.5. The molecule has 1 aromatic carbocycles. The third-order valence-corrected chi connectivity index (χ3v) is 15.4. The summed E-state index contributed by atoms with van der Waals surface area (Å²) in [7, 11) is 3.79. The highest BCUT2D eigenvalue weighted by Crippen LogP contribution is 2.39. The zero-order valence-corrected chi connectivity index (χ0v) is 42.5. The van der Waals surface area contributed by atoms with Gasteiger partial charge in [0.2, 0.25) is 23.6 Å². The zero-order valence-electron chi connectivity index (χ0n) is 42.5. The van der Waals surface area contributed by atoms with E-state index in [-0.39, 0.29) is 121 Å². The van der Waals surface area contributed by atoms with E-state index in [2.05, 4.69) is 67.0 Å². The van der Waals surface area contributed by atoms with Crippen LogP contribution in [0.5, 0.6) is 0 Å². The molecule has 2 saturated heterocycles. The molecule has 5 amide bonds. The van der Waals surface area contributed by atoms with Crippen molar-refractivity contribution in [3.05, 3.63) is 89.8 Å². The normalized spacial score (nSPS) is 24.4. The van der Waals surface area contributed by atoms with Crippen molar-refractivity contribution in [3.8, 4) is 0 Å². The van der Waals surface area contributed by atoms with E-state index >= 15 is 0 Å². The first kappa shape index (κ1) is 54.0. The molecule has 4 aliphatic rings. The van der Waals surface area contributed by atoms with Gasteiger partial charge in [0.05, 0.1) is 61.6 Å². The molecule has 4 aromatic rings. The van der Waals surface area contributed by atoms with Crippen molar-refractivity contribution in [2.45, 2.75) is 120 Å². The monoisotopic (exact) mass is 1030 g/mol. The number of nitrogens with zero attached hydrogens (tertiary/aromatic N) is 7. The summed E-state index contributed by atoms with van der Waals surface area (Å²) in [6.07, 6.45) is 7.49. The summed E-state index contributed by atoms with van der Waals surface area (Å²) in [5.41, 5.74) is 1.62. The summed E-state index contributed by atoms with van der Waals surface area (Å²) in [6.45, 7) is 6.43. The van der Waals surface area contributed by atoms with Crippen LogP contribution in [0.25, 0.3) is 10.9 Å². The van der Waals surface area contributed by atoms with Crippen molar-refractivity contribution < 1.29 is 46.6 Å². The number of rotatable bonds is 20. The number of amides is 5. The van der Waals surface area contributed by atoms with Crippen LogP contribution in [0.4, 0.5) is 19.0 Å². The number of ether oxygens (including phenoxy) is 2. The largest absolute Gasteiger partial charge is 0.416 e. The topological polar surface area (TPSA) is 213 Å². The molecule has 2 aliphatic carbocycles. The van der Waals surface area contributed by atoms with Gasteiger partial charge in [0.25, 0.3) is 5.91 Å². The van der Waals surface area contributed by atoms with Crippen LogP contribution >= 0.6 is 0 Å². The Kier molecular flexibility index (Phi) is 17.8. The van der Waals surface area contributed by atoms with Crippen LogP contribution in [0, 0.1) is 11.8 Å². The fourth-order valence-electron chi connectivity index (χ4n) is 11.0. The van der Waals surface area contributed by atoms with E-state index in [1.54, 1.807) is 42.7 Å². The van der Waals surface area contributed by atoms with Crippen molar-refractivity contribution in [2.75, 3.05) is 65.5 Å². The number of anilines is 1. The maximum Gasteiger partial charge on any atom is 0.416 e. The standard InChI is InChI=1S/C53H68F3N11O7/c1-32(2)65(3)38-13-16-45(67-21-17-43(52(67)72)63-48-39-26-37(53(54,55)56)12-15-41(39)61-31-62-48)44(27-38)64-49(69)34-9-7-33(8-10-34)35-11-14-42(60-30-35)51(71)59-20-23-74-25-24-73-22-19-58-50(70)40-28-46(68)66(4)47(40)36-6-5-18-57-29-36/h5-6,11-12,14-15,18,26,29-34,38,40,43-45,47H,7-10,13,16-17,19-25,27-28H2,1-4H3,(H,58,70)(H,59,71)(H,64,69)(H,61,62,63)/t33?,34?,38-,40+,43+,44-,45+,47-/m1/s1. The van der Waals surface area contributed by atoms with Gasteiger partial charge in [0.15, 0.2) is 0 Å². The molecule has 0 bridgehead atoms. The lowest BCUT2D eigenvalue weighted by molar-refractivity contribution is -0.137. The number of pyridine rings is 2. The number of hydrogen-bond acceptors (Lipinski definition) is 13. The average molecular weight is 1030 g/mol. The average Bonchev–Trinajstić information content (AvgIpc) is 3.92. The van der Waals surface area contributed by atoms with E-state index in [9.17, 15) is 37.1 Å². The summed E-state index contributed by atoms with van der Waals surface area (Å²) >= 11 is 0. The smallest absolute Gasteiger partial charge is 0.377 e. The van der Waals surface area contributed by atoms with Crippen molar-refractivity contribution in [1.82, 2.24) is 50.6 Å². The minimum Gasteiger partial charge on any atom is -0.377 e.